The standard InChI is InChI=1S/C12H27N3O2S/c1-10(2)15(4)18(16,17)14-12(9-13)7-5-11(3)6-8-12/h10-11,14H,5-9,13H2,1-4H3. The van der Waals surface area contributed by atoms with Crippen molar-refractivity contribution in [1.29, 1.82) is 0 Å². The van der Waals surface area contributed by atoms with E-state index < -0.39 is 15.7 Å². The van der Waals surface area contributed by atoms with E-state index in [9.17, 15) is 8.42 Å². The first kappa shape index (κ1) is 15.9. The Morgan fingerprint density at radius 2 is 1.89 bits per heavy atom. The number of nitrogens with one attached hydrogen (secondary N) is 1. The molecule has 0 unspecified atom stereocenters. The van der Waals surface area contributed by atoms with Crippen LogP contribution >= 0.6 is 0 Å². The summed E-state index contributed by atoms with van der Waals surface area (Å²) in [5.41, 5.74) is 5.37. The van der Waals surface area contributed by atoms with Crippen LogP contribution < -0.4 is 10.5 Å². The second kappa shape index (κ2) is 5.86. The van der Waals surface area contributed by atoms with Gasteiger partial charge in [0.25, 0.3) is 10.2 Å². The van der Waals surface area contributed by atoms with Gasteiger partial charge in [-0.25, -0.2) is 0 Å². The first-order valence-electron chi connectivity index (χ1n) is 6.69. The van der Waals surface area contributed by atoms with E-state index in [-0.39, 0.29) is 6.04 Å². The van der Waals surface area contributed by atoms with Gasteiger partial charge in [0.1, 0.15) is 0 Å². The molecule has 18 heavy (non-hydrogen) atoms. The summed E-state index contributed by atoms with van der Waals surface area (Å²) in [6, 6.07) is -0.0557. The molecule has 1 saturated carbocycles. The Bertz CT molecular complexity index is 360. The number of nitrogens with two attached hydrogens (primary N) is 1. The minimum Gasteiger partial charge on any atom is -0.329 e. The molecule has 0 aromatic rings. The Kier molecular flexibility index (Phi) is 5.17. The predicted octanol–water partition coefficient (Wildman–Crippen LogP) is 1.07. The summed E-state index contributed by atoms with van der Waals surface area (Å²) in [5.74, 6) is 0.664. The molecule has 0 aromatic heterocycles. The van der Waals surface area contributed by atoms with Crippen molar-refractivity contribution in [2.45, 2.75) is 58.0 Å². The second-order valence-corrected chi connectivity index (χ2v) is 7.61. The van der Waals surface area contributed by atoms with Crippen molar-refractivity contribution < 1.29 is 8.42 Å². The zero-order valence-corrected chi connectivity index (χ0v) is 12.8. The fourth-order valence-corrected chi connectivity index (χ4v) is 3.82. The van der Waals surface area contributed by atoms with E-state index in [1.165, 1.54) is 4.31 Å². The molecule has 1 fully saturated rings. The second-order valence-electron chi connectivity index (χ2n) is 5.88. The lowest BCUT2D eigenvalue weighted by Gasteiger charge is -2.40. The van der Waals surface area contributed by atoms with Crippen LogP contribution in [0.15, 0.2) is 0 Å². The van der Waals surface area contributed by atoms with E-state index in [4.69, 9.17) is 5.73 Å². The number of rotatable bonds is 5. The van der Waals surface area contributed by atoms with Crippen LogP contribution in [0, 0.1) is 5.92 Å². The van der Waals surface area contributed by atoms with E-state index >= 15 is 0 Å². The molecule has 1 aliphatic rings. The highest BCUT2D eigenvalue weighted by Gasteiger charge is 2.38. The molecule has 0 bridgehead atoms. The largest absolute Gasteiger partial charge is 0.329 e. The van der Waals surface area contributed by atoms with E-state index in [1.807, 2.05) is 13.8 Å². The fourth-order valence-electron chi connectivity index (χ4n) is 2.29. The predicted molar refractivity (Wildman–Crippen MR) is 74.4 cm³/mol. The molecular weight excluding hydrogens is 250 g/mol. The van der Waals surface area contributed by atoms with Crippen LogP contribution in [0.25, 0.3) is 0 Å². The minimum atomic E-state index is -3.44. The van der Waals surface area contributed by atoms with Crippen molar-refractivity contribution in [2.24, 2.45) is 11.7 Å². The summed E-state index contributed by atoms with van der Waals surface area (Å²) < 4.78 is 28.7. The van der Waals surface area contributed by atoms with Gasteiger partial charge in [-0.15, -0.1) is 0 Å². The Labute approximate surface area is 111 Å². The lowest BCUT2D eigenvalue weighted by atomic mass is 9.78. The molecule has 1 aliphatic carbocycles. The van der Waals surface area contributed by atoms with Gasteiger partial charge in [0.05, 0.1) is 0 Å². The summed E-state index contributed by atoms with van der Waals surface area (Å²) in [6.45, 7) is 6.29. The molecule has 5 nitrogen and oxygen atoms in total. The van der Waals surface area contributed by atoms with Gasteiger partial charge in [-0.3, -0.25) is 0 Å². The molecule has 0 aromatic carbocycles. The van der Waals surface area contributed by atoms with Gasteiger partial charge in [-0.05, 0) is 45.4 Å². The molecule has 108 valence electrons. The van der Waals surface area contributed by atoms with Gasteiger partial charge < -0.3 is 5.73 Å². The summed E-state index contributed by atoms with van der Waals surface area (Å²) in [4.78, 5) is 0. The highest BCUT2D eigenvalue weighted by molar-refractivity contribution is 7.87. The fraction of sp³-hybridized carbons (Fsp3) is 1.00. The van der Waals surface area contributed by atoms with Crippen LogP contribution in [-0.4, -0.2) is 37.9 Å². The van der Waals surface area contributed by atoms with Gasteiger partial charge in [-0.2, -0.15) is 17.4 Å². The number of hydrogen-bond acceptors (Lipinski definition) is 3. The van der Waals surface area contributed by atoms with Crippen LogP contribution in [0.3, 0.4) is 0 Å². The highest BCUT2D eigenvalue weighted by Crippen LogP contribution is 2.32. The maximum absolute atomic E-state index is 12.2. The average Bonchev–Trinajstić information content (AvgIpc) is 2.31. The van der Waals surface area contributed by atoms with Crippen molar-refractivity contribution in [3.8, 4) is 0 Å². The van der Waals surface area contributed by atoms with Crippen molar-refractivity contribution in [1.82, 2.24) is 9.03 Å². The Hall–Kier alpha value is -0.170. The molecule has 1 rings (SSSR count). The van der Waals surface area contributed by atoms with Gasteiger partial charge in [-0.1, -0.05) is 6.92 Å². The molecule has 0 saturated heterocycles. The molecule has 0 radical (unpaired) electrons. The first-order chi connectivity index (χ1) is 8.22. The SMILES string of the molecule is CC1CCC(CN)(NS(=O)(=O)N(C)C(C)C)CC1. The van der Waals surface area contributed by atoms with Crippen molar-refractivity contribution in [2.75, 3.05) is 13.6 Å². The summed E-state index contributed by atoms with van der Waals surface area (Å²) in [6.07, 6.45) is 3.72. The van der Waals surface area contributed by atoms with E-state index in [0.717, 1.165) is 25.7 Å². The third kappa shape index (κ3) is 3.66. The average molecular weight is 277 g/mol. The van der Waals surface area contributed by atoms with Gasteiger partial charge in [0, 0.05) is 25.2 Å². The van der Waals surface area contributed by atoms with Crippen molar-refractivity contribution >= 4 is 10.2 Å². The first-order valence-corrected chi connectivity index (χ1v) is 8.13. The smallest absolute Gasteiger partial charge is 0.279 e. The normalized spacial score (nSPS) is 30.1. The van der Waals surface area contributed by atoms with Crippen LogP contribution in [0.5, 0.6) is 0 Å². The summed E-state index contributed by atoms with van der Waals surface area (Å²) >= 11 is 0. The third-order valence-electron chi connectivity index (χ3n) is 4.07. The van der Waals surface area contributed by atoms with E-state index in [1.54, 1.807) is 7.05 Å². The van der Waals surface area contributed by atoms with E-state index in [0.29, 0.717) is 12.5 Å². The Balaban J connectivity index is 2.80. The maximum Gasteiger partial charge on any atom is 0.279 e. The summed E-state index contributed by atoms with van der Waals surface area (Å²) in [5, 5.41) is 0. The van der Waals surface area contributed by atoms with Gasteiger partial charge in [0.15, 0.2) is 0 Å². The molecule has 3 N–H and O–H groups in total. The molecule has 0 spiro atoms. The minimum absolute atomic E-state index is 0.0557. The summed E-state index contributed by atoms with van der Waals surface area (Å²) in [7, 11) is -1.84. The van der Waals surface area contributed by atoms with Crippen LogP contribution in [-0.2, 0) is 10.2 Å². The van der Waals surface area contributed by atoms with Crippen molar-refractivity contribution in [3.05, 3.63) is 0 Å². The zero-order chi connectivity index (χ0) is 14.0. The van der Waals surface area contributed by atoms with Gasteiger partial charge >= 0.3 is 0 Å². The number of nitrogens with zero attached hydrogens (tertiary/aromatic N) is 1. The van der Waals surface area contributed by atoms with Crippen molar-refractivity contribution in [3.63, 3.8) is 0 Å². The molecule has 0 amide bonds. The Morgan fingerprint density at radius 1 is 1.39 bits per heavy atom. The molecule has 0 atom stereocenters. The lowest BCUT2D eigenvalue weighted by Crippen LogP contribution is -2.58. The molecular formula is C12H27N3O2S. The van der Waals surface area contributed by atoms with Crippen LogP contribution in [0.2, 0.25) is 0 Å². The third-order valence-corrected chi connectivity index (χ3v) is 5.94. The Morgan fingerprint density at radius 3 is 2.28 bits per heavy atom. The zero-order valence-electron chi connectivity index (χ0n) is 11.9. The highest BCUT2D eigenvalue weighted by atomic mass is 32.2. The van der Waals surface area contributed by atoms with Crippen LogP contribution in [0.4, 0.5) is 0 Å². The lowest BCUT2D eigenvalue weighted by molar-refractivity contribution is 0.226. The quantitative estimate of drug-likeness (QED) is 0.789. The topological polar surface area (TPSA) is 75.4 Å². The number of hydrogen-bond donors (Lipinski definition) is 2. The van der Waals surface area contributed by atoms with Gasteiger partial charge in [0.2, 0.25) is 0 Å². The molecule has 0 aliphatic heterocycles. The van der Waals surface area contributed by atoms with E-state index in [2.05, 4.69) is 11.6 Å². The molecule has 0 heterocycles. The maximum atomic E-state index is 12.2. The molecule has 6 heteroatoms. The monoisotopic (exact) mass is 277 g/mol. The van der Waals surface area contributed by atoms with Crippen LogP contribution in [0.1, 0.15) is 46.5 Å².